The highest BCUT2D eigenvalue weighted by molar-refractivity contribution is 6.46. The predicted molar refractivity (Wildman–Crippen MR) is 132 cm³/mol. The minimum Gasteiger partial charge on any atom is -0.507 e. The molecule has 1 saturated heterocycles. The molecule has 1 N–H and O–H groups in total. The monoisotopic (exact) mass is 472 g/mol. The van der Waals surface area contributed by atoms with E-state index in [4.69, 9.17) is 9.47 Å². The van der Waals surface area contributed by atoms with Crippen molar-refractivity contribution in [2.24, 2.45) is 0 Å². The maximum Gasteiger partial charge on any atom is 0.295 e. The van der Waals surface area contributed by atoms with E-state index in [2.05, 4.69) is 4.98 Å². The van der Waals surface area contributed by atoms with Gasteiger partial charge in [0.25, 0.3) is 11.7 Å². The van der Waals surface area contributed by atoms with Gasteiger partial charge in [-0.05, 0) is 54.3 Å². The normalized spacial score (nSPS) is 17.1. The number of aliphatic hydroxyl groups excluding tert-OH is 1. The fraction of sp³-hybridized carbons (Fsp3) is 0.250. The number of carbonyl (C=O) groups excluding carboxylic acids is 2. The topological polar surface area (TPSA) is 89.0 Å². The lowest BCUT2D eigenvalue weighted by Gasteiger charge is -2.25. The number of pyridine rings is 1. The molecule has 0 spiro atoms. The Bertz CT molecular complexity index is 1220. The summed E-state index contributed by atoms with van der Waals surface area (Å²) in [6.07, 6.45) is 3.80. The summed E-state index contributed by atoms with van der Waals surface area (Å²) in [5.41, 5.74) is 2.96. The SMILES string of the molecule is COCCCN1C(=O)C(=O)C(=C(O)c2ccc(OCc3ccccc3)cc2C)C1c1cccnc1. The number of hydrogen-bond acceptors (Lipinski definition) is 6. The summed E-state index contributed by atoms with van der Waals surface area (Å²) in [7, 11) is 1.59. The number of likely N-dealkylation sites (tertiary alicyclic amines) is 1. The number of ether oxygens (including phenoxy) is 2. The van der Waals surface area contributed by atoms with Crippen LogP contribution in [0.25, 0.3) is 5.76 Å². The first-order chi connectivity index (χ1) is 17.0. The van der Waals surface area contributed by atoms with Crippen LogP contribution >= 0.6 is 0 Å². The lowest BCUT2D eigenvalue weighted by molar-refractivity contribution is -0.140. The number of ketones is 1. The number of aliphatic hydroxyl groups is 1. The van der Waals surface area contributed by atoms with Crippen molar-refractivity contribution in [2.45, 2.75) is 26.0 Å². The van der Waals surface area contributed by atoms with E-state index < -0.39 is 17.7 Å². The smallest absolute Gasteiger partial charge is 0.295 e. The highest BCUT2D eigenvalue weighted by Gasteiger charge is 2.46. The average molecular weight is 473 g/mol. The minimum atomic E-state index is -0.728. The zero-order valence-electron chi connectivity index (χ0n) is 19.8. The minimum absolute atomic E-state index is 0.0569. The van der Waals surface area contributed by atoms with Crippen LogP contribution in [0.2, 0.25) is 0 Å². The second-order valence-corrected chi connectivity index (χ2v) is 8.38. The van der Waals surface area contributed by atoms with E-state index in [1.54, 1.807) is 43.8 Å². The molecule has 1 unspecified atom stereocenters. The molecular weight excluding hydrogens is 444 g/mol. The van der Waals surface area contributed by atoms with Gasteiger partial charge in [0.2, 0.25) is 0 Å². The van der Waals surface area contributed by atoms with E-state index in [0.29, 0.717) is 43.1 Å². The summed E-state index contributed by atoms with van der Waals surface area (Å²) in [5.74, 6) is -0.917. The predicted octanol–water partition coefficient (Wildman–Crippen LogP) is 4.43. The summed E-state index contributed by atoms with van der Waals surface area (Å²) < 4.78 is 11.0. The number of hydrogen-bond donors (Lipinski definition) is 1. The zero-order chi connectivity index (χ0) is 24.8. The van der Waals surface area contributed by atoms with Crippen LogP contribution in [0.1, 0.15) is 34.7 Å². The summed E-state index contributed by atoms with van der Waals surface area (Å²) in [6, 6.07) is 17.9. The van der Waals surface area contributed by atoms with E-state index >= 15 is 0 Å². The largest absolute Gasteiger partial charge is 0.507 e. The van der Waals surface area contributed by atoms with Crippen molar-refractivity contribution < 1.29 is 24.2 Å². The molecule has 1 fully saturated rings. The Morgan fingerprint density at radius 3 is 2.57 bits per heavy atom. The van der Waals surface area contributed by atoms with Crippen LogP contribution in [0, 0.1) is 6.92 Å². The Labute approximate surface area is 204 Å². The first kappa shape index (κ1) is 24.2. The fourth-order valence-electron chi connectivity index (χ4n) is 4.25. The number of Topliss-reactive ketones (excluding diaryl/α,β-unsaturated/α-hetero) is 1. The first-order valence-electron chi connectivity index (χ1n) is 11.5. The van der Waals surface area contributed by atoms with Crippen molar-refractivity contribution in [2.75, 3.05) is 20.3 Å². The molecule has 3 aromatic rings. The standard InChI is InChI=1S/C28H28N2O5/c1-19-16-22(35-18-20-8-4-3-5-9-20)11-12-23(19)26(31)24-25(21-10-6-13-29-17-21)30(14-7-15-34-2)28(33)27(24)32/h3-6,8-13,16-17,25,31H,7,14-15,18H2,1-2H3. The number of rotatable bonds is 9. The third-order valence-electron chi connectivity index (χ3n) is 5.99. The second kappa shape index (κ2) is 11.0. The van der Waals surface area contributed by atoms with Crippen LogP contribution in [0.5, 0.6) is 5.75 Å². The van der Waals surface area contributed by atoms with Crippen molar-refractivity contribution in [3.05, 3.63) is 101 Å². The van der Waals surface area contributed by atoms with Gasteiger partial charge in [-0.3, -0.25) is 14.6 Å². The Kier molecular flexibility index (Phi) is 7.57. The van der Waals surface area contributed by atoms with Gasteiger partial charge in [0.05, 0.1) is 11.6 Å². The Hall–Kier alpha value is -3.97. The Morgan fingerprint density at radius 2 is 1.89 bits per heavy atom. The van der Waals surface area contributed by atoms with Gasteiger partial charge in [-0.15, -0.1) is 0 Å². The summed E-state index contributed by atoms with van der Waals surface area (Å²) in [6.45, 7) is 3.02. The Balaban J connectivity index is 1.67. The van der Waals surface area contributed by atoms with Gasteiger partial charge in [-0.25, -0.2) is 0 Å². The third-order valence-corrected chi connectivity index (χ3v) is 5.99. The van der Waals surface area contributed by atoms with Crippen molar-refractivity contribution in [3.63, 3.8) is 0 Å². The number of benzene rings is 2. The van der Waals surface area contributed by atoms with E-state index in [0.717, 1.165) is 11.1 Å². The summed E-state index contributed by atoms with van der Waals surface area (Å²) in [4.78, 5) is 31.7. The van der Waals surface area contributed by atoms with Crippen molar-refractivity contribution >= 4 is 17.4 Å². The number of amides is 1. The zero-order valence-corrected chi connectivity index (χ0v) is 19.8. The molecule has 2 aromatic carbocycles. The molecule has 1 amide bonds. The van der Waals surface area contributed by atoms with Crippen LogP contribution in [0.15, 0.2) is 78.6 Å². The molecule has 35 heavy (non-hydrogen) atoms. The van der Waals surface area contributed by atoms with E-state index in [1.165, 1.54) is 4.90 Å². The highest BCUT2D eigenvalue weighted by atomic mass is 16.5. The number of aromatic nitrogens is 1. The number of methoxy groups -OCH3 is 1. The molecule has 7 heteroatoms. The Morgan fingerprint density at radius 1 is 1.09 bits per heavy atom. The number of nitrogens with zero attached hydrogens (tertiary/aromatic N) is 2. The molecule has 0 aliphatic carbocycles. The molecule has 2 heterocycles. The molecule has 7 nitrogen and oxygen atoms in total. The van der Waals surface area contributed by atoms with Gasteiger partial charge >= 0.3 is 0 Å². The third kappa shape index (κ3) is 5.25. The van der Waals surface area contributed by atoms with Gasteiger partial charge < -0.3 is 19.5 Å². The van der Waals surface area contributed by atoms with Crippen LogP contribution in [0.3, 0.4) is 0 Å². The highest BCUT2D eigenvalue weighted by Crippen LogP contribution is 2.40. The second-order valence-electron chi connectivity index (χ2n) is 8.38. The van der Waals surface area contributed by atoms with Crippen LogP contribution < -0.4 is 4.74 Å². The lowest BCUT2D eigenvalue weighted by atomic mass is 9.94. The van der Waals surface area contributed by atoms with E-state index in [-0.39, 0.29) is 11.3 Å². The molecule has 0 radical (unpaired) electrons. The maximum atomic E-state index is 13.1. The van der Waals surface area contributed by atoms with Crippen molar-refractivity contribution in [3.8, 4) is 5.75 Å². The number of aryl methyl sites for hydroxylation is 1. The van der Waals surface area contributed by atoms with Crippen molar-refractivity contribution in [1.82, 2.24) is 9.88 Å². The molecule has 4 rings (SSSR count). The van der Waals surface area contributed by atoms with Gasteiger partial charge in [-0.2, -0.15) is 0 Å². The maximum absolute atomic E-state index is 13.1. The van der Waals surface area contributed by atoms with Crippen LogP contribution in [-0.4, -0.2) is 46.9 Å². The molecule has 1 atom stereocenters. The lowest BCUT2D eigenvalue weighted by Crippen LogP contribution is -2.31. The molecule has 0 bridgehead atoms. The molecular formula is C28H28N2O5. The number of carbonyl (C=O) groups is 2. The molecule has 1 aliphatic heterocycles. The van der Waals surface area contributed by atoms with Crippen LogP contribution in [-0.2, 0) is 20.9 Å². The van der Waals surface area contributed by atoms with Gasteiger partial charge in [0.1, 0.15) is 18.1 Å². The quantitative estimate of drug-likeness (QED) is 0.215. The van der Waals surface area contributed by atoms with E-state index in [9.17, 15) is 14.7 Å². The summed E-state index contributed by atoms with van der Waals surface area (Å²) >= 11 is 0. The van der Waals surface area contributed by atoms with Gasteiger partial charge in [-0.1, -0.05) is 36.4 Å². The average Bonchev–Trinajstić information content (AvgIpc) is 3.13. The molecule has 1 aromatic heterocycles. The first-order valence-corrected chi connectivity index (χ1v) is 11.5. The molecule has 0 saturated carbocycles. The summed E-state index contributed by atoms with van der Waals surface area (Å²) in [5, 5.41) is 11.3. The fourth-order valence-corrected chi connectivity index (χ4v) is 4.25. The van der Waals surface area contributed by atoms with Crippen molar-refractivity contribution in [1.29, 1.82) is 0 Å². The van der Waals surface area contributed by atoms with E-state index in [1.807, 2.05) is 43.3 Å². The van der Waals surface area contributed by atoms with Gasteiger partial charge in [0, 0.05) is 38.2 Å². The van der Waals surface area contributed by atoms with Crippen LogP contribution in [0.4, 0.5) is 0 Å². The molecule has 1 aliphatic rings. The van der Waals surface area contributed by atoms with Gasteiger partial charge in [0.15, 0.2) is 0 Å². The molecule has 180 valence electrons.